The highest BCUT2D eigenvalue weighted by atomic mass is 35.5. The fraction of sp³-hybridized carbons (Fsp3) is 0.133. The Balaban J connectivity index is 2.51. The van der Waals surface area contributed by atoms with Gasteiger partial charge >= 0.3 is 0 Å². The monoisotopic (exact) mass is 338 g/mol. The second kappa shape index (κ2) is 6.81. The molecule has 1 N–H and O–H groups in total. The van der Waals surface area contributed by atoms with Crippen LogP contribution in [0.15, 0.2) is 59.5 Å². The van der Waals surface area contributed by atoms with Gasteiger partial charge in [0.2, 0.25) is 5.91 Å². The van der Waals surface area contributed by atoms with Gasteiger partial charge in [-0.2, -0.15) is 0 Å². The first-order chi connectivity index (χ1) is 10.4. The fourth-order valence-electron chi connectivity index (χ4n) is 1.88. The van der Waals surface area contributed by atoms with E-state index in [1.165, 1.54) is 25.2 Å². The number of amides is 1. The van der Waals surface area contributed by atoms with Crippen molar-refractivity contribution in [2.75, 3.05) is 17.9 Å². The van der Waals surface area contributed by atoms with Crippen molar-refractivity contribution in [2.24, 2.45) is 0 Å². The van der Waals surface area contributed by atoms with Crippen molar-refractivity contribution in [2.45, 2.75) is 4.90 Å². The van der Waals surface area contributed by atoms with E-state index >= 15 is 0 Å². The Hall–Kier alpha value is -2.05. The number of anilines is 1. The lowest BCUT2D eigenvalue weighted by Gasteiger charge is -2.23. The molecule has 0 aromatic heterocycles. The molecule has 0 saturated heterocycles. The number of halogens is 1. The number of nitrogens with one attached hydrogen (secondary N) is 1. The van der Waals surface area contributed by atoms with E-state index in [0.717, 1.165) is 4.31 Å². The number of sulfonamides is 1. The van der Waals surface area contributed by atoms with Gasteiger partial charge in [-0.3, -0.25) is 9.10 Å². The minimum Gasteiger partial charge on any atom is -0.358 e. The predicted octanol–water partition coefficient (Wildman–Crippen LogP) is 2.28. The third-order valence-corrected chi connectivity index (χ3v) is 5.02. The molecule has 0 spiro atoms. The molecule has 1 amide bonds. The zero-order chi connectivity index (χ0) is 16.2. The normalized spacial score (nSPS) is 11.0. The first kappa shape index (κ1) is 16.3. The average Bonchev–Trinajstić information content (AvgIpc) is 2.53. The maximum atomic E-state index is 12.8. The van der Waals surface area contributed by atoms with Crippen LogP contribution in [0.25, 0.3) is 0 Å². The van der Waals surface area contributed by atoms with Gasteiger partial charge in [-0.05, 0) is 30.3 Å². The molecule has 0 aliphatic carbocycles. The lowest BCUT2D eigenvalue weighted by atomic mass is 10.3. The Morgan fingerprint density at radius 2 is 1.82 bits per heavy atom. The highest BCUT2D eigenvalue weighted by Crippen LogP contribution is 2.25. The molecule has 0 aliphatic heterocycles. The summed E-state index contributed by atoms with van der Waals surface area (Å²) in [4.78, 5) is 11.8. The van der Waals surface area contributed by atoms with Crippen LogP contribution in [0, 0.1) is 0 Å². The molecular weight excluding hydrogens is 324 g/mol. The lowest BCUT2D eigenvalue weighted by Crippen LogP contribution is -2.39. The number of rotatable bonds is 5. The minimum absolute atomic E-state index is 0.110. The number of hydrogen-bond donors (Lipinski definition) is 1. The van der Waals surface area contributed by atoms with Crippen LogP contribution in [-0.4, -0.2) is 27.9 Å². The fourth-order valence-corrected chi connectivity index (χ4v) is 3.49. The molecule has 2 aromatic carbocycles. The van der Waals surface area contributed by atoms with Crippen LogP contribution < -0.4 is 9.62 Å². The topological polar surface area (TPSA) is 66.5 Å². The Morgan fingerprint density at radius 1 is 1.14 bits per heavy atom. The molecule has 0 aliphatic rings. The number of benzene rings is 2. The van der Waals surface area contributed by atoms with Crippen molar-refractivity contribution in [3.05, 3.63) is 59.6 Å². The minimum atomic E-state index is -3.86. The van der Waals surface area contributed by atoms with Crippen LogP contribution in [-0.2, 0) is 14.8 Å². The molecule has 0 heterocycles. The molecular formula is C15H15ClN2O3S. The van der Waals surface area contributed by atoms with Crippen molar-refractivity contribution < 1.29 is 13.2 Å². The maximum Gasteiger partial charge on any atom is 0.264 e. The summed E-state index contributed by atoms with van der Waals surface area (Å²) in [5.41, 5.74) is 0.333. The summed E-state index contributed by atoms with van der Waals surface area (Å²) in [6.07, 6.45) is 0. The predicted molar refractivity (Wildman–Crippen MR) is 86.5 cm³/mol. The average molecular weight is 339 g/mol. The number of likely N-dealkylation sites (N-methyl/N-ethyl adjacent to an activating group) is 1. The standard InChI is InChI=1S/C15H15ClN2O3S/c1-17-15(19)11-18(13-7-5-6-12(16)10-13)22(20,21)14-8-3-2-4-9-14/h2-10H,11H2,1H3,(H,17,19). The zero-order valence-electron chi connectivity index (χ0n) is 11.9. The van der Waals surface area contributed by atoms with Gasteiger partial charge in [0.1, 0.15) is 6.54 Å². The van der Waals surface area contributed by atoms with Crippen LogP contribution in [0.4, 0.5) is 5.69 Å². The zero-order valence-corrected chi connectivity index (χ0v) is 13.4. The van der Waals surface area contributed by atoms with E-state index in [1.807, 2.05) is 0 Å². The van der Waals surface area contributed by atoms with Crippen molar-refractivity contribution in [3.8, 4) is 0 Å². The molecule has 0 atom stereocenters. The molecule has 0 saturated carbocycles. The van der Waals surface area contributed by atoms with Crippen LogP contribution in [0.3, 0.4) is 0 Å². The van der Waals surface area contributed by atoms with E-state index in [9.17, 15) is 13.2 Å². The van der Waals surface area contributed by atoms with Gasteiger partial charge in [-0.25, -0.2) is 8.42 Å². The number of hydrogen-bond acceptors (Lipinski definition) is 3. The SMILES string of the molecule is CNC(=O)CN(c1cccc(Cl)c1)S(=O)(=O)c1ccccc1. The van der Waals surface area contributed by atoms with E-state index < -0.39 is 15.9 Å². The first-order valence-corrected chi connectivity index (χ1v) is 8.31. The second-order valence-electron chi connectivity index (χ2n) is 4.48. The summed E-state index contributed by atoms with van der Waals surface area (Å²) in [6, 6.07) is 14.3. The van der Waals surface area contributed by atoms with Crippen molar-refractivity contribution >= 4 is 33.2 Å². The van der Waals surface area contributed by atoms with Crippen molar-refractivity contribution in [3.63, 3.8) is 0 Å². The molecule has 0 radical (unpaired) electrons. The van der Waals surface area contributed by atoms with Crippen LogP contribution in [0.1, 0.15) is 0 Å². The van der Waals surface area contributed by atoms with Gasteiger partial charge in [-0.1, -0.05) is 35.9 Å². The van der Waals surface area contributed by atoms with Gasteiger partial charge < -0.3 is 5.32 Å². The summed E-state index contributed by atoms with van der Waals surface area (Å²) >= 11 is 5.93. The lowest BCUT2D eigenvalue weighted by molar-refractivity contribution is -0.119. The summed E-state index contributed by atoms with van der Waals surface area (Å²) in [5, 5.41) is 2.82. The van der Waals surface area contributed by atoms with Crippen LogP contribution in [0.5, 0.6) is 0 Å². The van der Waals surface area contributed by atoms with Crippen LogP contribution in [0.2, 0.25) is 5.02 Å². The second-order valence-corrected chi connectivity index (χ2v) is 6.78. The van der Waals surface area contributed by atoms with Gasteiger partial charge in [-0.15, -0.1) is 0 Å². The molecule has 0 fully saturated rings. The summed E-state index contributed by atoms with van der Waals surface area (Å²) in [6.45, 7) is -0.325. The Bertz CT molecular complexity index is 763. The van der Waals surface area contributed by atoms with E-state index in [1.54, 1.807) is 36.4 Å². The van der Waals surface area contributed by atoms with Gasteiger partial charge in [0.15, 0.2) is 0 Å². The number of nitrogens with zero attached hydrogens (tertiary/aromatic N) is 1. The van der Waals surface area contributed by atoms with E-state index in [2.05, 4.69) is 5.32 Å². The van der Waals surface area contributed by atoms with E-state index in [4.69, 9.17) is 11.6 Å². The smallest absolute Gasteiger partial charge is 0.264 e. The third-order valence-electron chi connectivity index (χ3n) is 2.99. The van der Waals surface area contributed by atoms with Crippen molar-refractivity contribution in [1.29, 1.82) is 0 Å². The largest absolute Gasteiger partial charge is 0.358 e. The molecule has 116 valence electrons. The molecule has 0 bridgehead atoms. The molecule has 0 unspecified atom stereocenters. The molecule has 7 heteroatoms. The van der Waals surface area contributed by atoms with Gasteiger partial charge in [0.25, 0.3) is 10.0 Å². The van der Waals surface area contributed by atoms with E-state index in [0.29, 0.717) is 10.7 Å². The molecule has 2 aromatic rings. The molecule has 22 heavy (non-hydrogen) atoms. The Labute approximate surface area is 134 Å². The first-order valence-electron chi connectivity index (χ1n) is 6.49. The molecule has 2 rings (SSSR count). The van der Waals surface area contributed by atoms with Crippen molar-refractivity contribution in [1.82, 2.24) is 5.32 Å². The Morgan fingerprint density at radius 3 is 2.41 bits per heavy atom. The Kier molecular flexibility index (Phi) is 5.05. The third kappa shape index (κ3) is 3.58. The van der Waals surface area contributed by atoms with Crippen LogP contribution >= 0.6 is 11.6 Å². The number of carbonyl (C=O) groups excluding carboxylic acids is 1. The number of carbonyl (C=O) groups is 1. The summed E-state index contributed by atoms with van der Waals surface area (Å²) in [7, 11) is -2.41. The molecule has 5 nitrogen and oxygen atoms in total. The summed E-state index contributed by atoms with van der Waals surface area (Å²) in [5.74, 6) is -0.417. The van der Waals surface area contributed by atoms with Gasteiger partial charge in [0, 0.05) is 12.1 Å². The van der Waals surface area contributed by atoms with E-state index in [-0.39, 0.29) is 11.4 Å². The highest BCUT2D eigenvalue weighted by Gasteiger charge is 2.26. The highest BCUT2D eigenvalue weighted by molar-refractivity contribution is 7.92. The quantitative estimate of drug-likeness (QED) is 0.909. The maximum absolute atomic E-state index is 12.8. The van der Waals surface area contributed by atoms with Gasteiger partial charge in [0.05, 0.1) is 10.6 Å². The summed E-state index contributed by atoms with van der Waals surface area (Å²) < 4.78 is 26.6.